The van der Waals surface area contributed by atoms with Crippen LogP contribution < -0.4 is 10.1 Å². The Bertz CT molecular complexity index is 969. The molecule has 0 aliphatic rings. The molecule has 1 atom stereocenters. The van der Waals surface area contributed by atoms with Crippen molar-refractivity contribution in [3.8, 4) is 5.75 Å². The first-order valence-electron chi connectivity index (χ1n) is 9.53. The third kappa shape index (κ3) is 6.22. The van der Waals surface area contributed by atoms with Gasteiger partial charge in [-0.3, -0.25) is 4.79 Å². The number of esters is 1. The van der Waals surface area contributed by atoms with Crippen LogP contribution >= 0.6 is 15.9 Å². The van der Waals surface area contributed by atoms with E-state index in [0.717, 1.165) is 10.0 Å². The summed E-state index contributed by atoms with van der Waals surface area (Å²) in [5.74, 6) is 0.315. The van der Waals surface area contributed by atoms with Gasteiger partial charge >= 0.3 is 5.97 Å². The second-order valence-corrected chi connectivity index (χ2v) is 7.39. The maximum Gasteiger partial charge on any atom is 0.328 e. The van der Waals surface area contributed by atoms with Gasteiger partial charge in [-0.25, -0.2) is 4.79 Å². The van der Waals surface area contributed by atoms with Crippen LogP contribution in [0.5, 0.6) is 5.75 Å². The summed E-state index contributed by atoms with van der Waals surface area (Å²) in [5.41, 5.74) is 0.916. The average Bonchev–Trinajstić information content (AvgIpc) is 3.23. The van der Waals surface area contributed by atoms with Crippen molar-refractivity contribution in [1.82, 2.24) is 5.32 Å². The lowest BCUT2D eigenvalue weighted by Gasteiger charge is -2.16. The monoisotopic (exact) mass is 471 g/mol. The summed E-state index contributed by atoms with van der Waals surface area (Å²) < 4.78 is 17.3. The quantitative estimate of drug-likeness (QED) is 0.464. The predicted molar refractivity (Wildman–Crippen MR) is 115 cm³/mol. The number of amides is 1. The predicted octanol–water partition coefficient (Wildman–Crippen LogP) is 4.53. The second kappa shape index (κ2) is 10.6. The van der Waals surface area contributed by atoms with E-state index >= 15 is 0 Å². The molecule has 7 heteroatoms. The van der Waals surface area contributed by atoms with Crippen LogP contribution in [0.4, 0.5) is 0 Å². The molecule has 1 amide bonds. The molecule has 0 aliphatic carbocycles. The molecule has 1 heterocycles. The van der Waals surface area contributed by atoms with Crippen LogP contribution in [-0.2, 0) is 22.6 Å². The molecule has 1 N–H and O–H groups in total. The zero-order valence-electron chi connectivity index (χ0n) is 16.5. The van der Waals surface area contributed by atoms with Crippen LogP contribution in [0.2, 0.25) is 0 Å². The van der Waals surface area contributed by atoms with Crippen LogP contribution in [0.1, 0.15) is 28.8 Å². The fourth-order valence-electron chi connectivity index (χ4n) is 2.78. The molecule has 6 nitrogen and oxygen atoms in total. The third-order valence-corrected chi connectivity index (χ3v) is 4.77. The van der Waals surface area contributed by atoms with E-state index in [-0.39, 0.29) is 19.0 Å². The van der Waals surface area contributed by atoms with Crippen molar-refractivity contribution >= 4 is 27.8 Å². The number of hydrogen-bond donors (Lipinski definition) is 1. The van der Waals surface area contributed by atoms with Crippen molar-refractivity contribution in [1.29, 1.82) is 0 Å². The molecule has 0 saturated heterocycles. The maximum absolute atomic E-state index is 12.6. The van der Waals surface area contributed by atoms with Crippen molar-refractivity contribution in [3.05, 3.63) is 88.3 Å². The molecule has 30 heavy (non-hydrogen) atoms. The van der Waals surface area contributed by atoms with Gasteiger partial charge in [0.15, 0.2) is 5.76 Å². The highest BCUT2D eigenvalue weighted by Gasteiger charge is 2.24. The fourth-order valence-corrected chi connectivity index (χ4v) is 3.04. The highest BCUT2D eigenvalue weighted by atomic mass is 79.9. The van der Waals surface area contributed by atoms with Gasteiger partial charge in [0.2, 0.25) is 0 Å². The van der Waals surface area contributed by atoms with Crippen molar-refractivity contribution < 1.29 is 23.5 Å². The molecule has 156 valence electrons. The van der Waals surface area contributed by atoms with Gasteiger partial charge in [0.05, 0.1) is 6.61 Å². The topological polar surface area (TPSA) is 77.8 Å². The van der Waals surface area contributed by atoms with Crippen LogP contribution in [0.15, 0.2) is 75.6 Å². The van der Waals surface area contributed by atoms with Crippen LogP contribution in [-0.4, -0.2) is 24.5 Å². The summed E-state index contributed by atoms with van der Waals surface area (Å²) in [6.45, 7) is 2.14. The minimum absolute atomic E-state index is 0.103. The molecule has 0 spiro atoms. The molecule has 0 fully saturated rings. The molecule has 0 aliphatic heterocycles. The molecular weight excluding hydrogens is 450 g/mol. The molecule has 3 rings (SSSR count). The lowest BCUT2D eigenvalue weighted by molar-refractivity contribution is -0.145. The maximum atomic E-state index is 12.6. The number of carbonyl (C=O) groups excluding carboxylic acids is 2. The summed E-state index contributed by atoms with van der Waals surface area (Å²) in [7, 11) is 0. The Kier molecular flexibility index (Phi) is 7.68. The van der Waals surface area contributed by atoms with Gasteiger partial charge in [-0.1, -0.05) is 46.3 Å². The van der Waals surface area contributed by atoms with E-state index in [2.05, 4.69) is 21.2 Å². The summed E-state index contributed by atoms with van der Waals surface area (Å²) >= 11 is 3.37. The Morgan fingerprint density at radius 2 is 1.77 bits per heavy atom. The molecule has 3 aromatic rings. The minimum atomic E-state index is -0.813. The third-order valence-electron chi connectivity index (χ3n) is 4.24. The lowest BCUT2D eigenvalue weighted by atomic mass is 10.1. The first-order chi connectivity index (χ1) is 14.5. The van der Waals surface area contributed by atoms with Gasteiger partial charge in [-0.05, 0) is 48.9 Å². The number of hydrogen-bond acceptors (Lipinski definition) is 5. The van der Waals surface area contributed by atoms with Gasteiger partial charge in [0.1, 0.15) is 24.2 Å². The average molecular weight is 472 g/mol. The van der Waals surface area contributed by atoms with Gasteiger partial charge in [-0.2, -0.15) is 0 Å². The normalized spacial score (nSPS) is 11.5. The lowest BCUT2D eigenvalue weighted by Crippen LogP contribution is -2.43. The van der Waals surface area contributed by atoms with Crippen LogP contribution in [0.25, 0.3) is 0 Å². The Balaban J connectivity index is 1.62. The van der Waals surface area contributed by atoms with Crippen molar-refractivity contribution in [2.45, 2.75) is 26.0 Å². The number of benzene rings is 2. The zero-order valence-corrected chi connectivity index (χ0v) is 18.1. The van der Waals surface area contributed by atoms with Gasteiger partial charge in [0, 0.05) is 10.9 Å². The summed E-state index contributed by atoms with van der Waals surface area (Å²) in [6, 6.07) is 19.2. The molecule has 0 radical (unpaired) electrons. The largest absolute Gasteiger partial charge is 0.486 e. The molecule has 0 saturated carbocycles. The molecule has 0 bridgehead atoms. The first-order valence-corrected chi connectivity index (χ1v) is 10.3. The van der Waals surface area contributed by atoms with Gasteiger partial charge in [-0.15, -0.1) is 0 Å². The number of ether oxygens (including phenoxy) is 2. The van der Waals surface area contributed by atoms with E-state index in [4.69, 9.17) is 13.9 Å². The molecular formula is C23H22BrNO5. The Morgan fingerprint density at radius 1 is 1.03 bits per heavy atom. The standard InChI is InChI=1S/C23H22BrNO5/c1-2-28-23(27)20(14-16-6-4-3-5-7-16)25-22(26)21-13-12-19(30-21)15-29-18-10-8-17(24)9-11-18/h3-13,20H,2,14-15H2,1H3,(H,25,26). The Labute approximate surface area is 183 Å². The smallest absolute Gasteiger partial charge is 0.328 e. The fraction of sp³-hybridized carbons (Fsp3) is 0.217. The highest BCUT2D eigenvalue weighted by Crippen LogP contribution is 2.18. The number of furan rings is 1. The van der Waals surface area contributed by atoms with Crippen LogP contribution in [0, 0.1) is 0 Å². The number of carbonyl (C=O) groups is 2. The van der Waals surface area contributed by atoms with E-state index in [9.17, 15) is 9.59 Å². The SMILES string of the molecule is CCOC(=O)C(Cc1ccccc1)NC(=O)c1ccc(COc2ccc(Br)cc2)o1. The van der Waals surface area contributed by atoms with Crippen molar-refractivity contribution in [2.24, 2.45) is 0 Å². The Hall–Kier alpha value is -3.06. The molecule has 1 unspecified atom stereocenters. The summed E-state index contributed by atoms with van der Waals surface area (Å²) in [4.78, 5) is 24.9. The van der Waals surface area contributed by atoms with Gasteiger partial charge in [0.25, 0.3) is 5.91 Å². The summed E-state index contributed by atoms with van der Waals surface area (Å²) in [6.07, 6.45) is 0.325. The van der Waals surface area contributed by atoms with E-state index < -0.39 is 17.9 Å². The van der Waals surface area contributed by atoms with E-state index in [1.807, 2.05) is 54.6 Å². The highest BCUT2D eigenvalue weighted by molar-refractivity contribution is 9.10. The second-order valence-electron chi connectivity index (χ2n) is 6.48. The van der Waals surface area contributed by atoms with E-state index in [1.165, 1.54) is 0 Å². The number of nitrogens with one attached hydrogen (secondary N) is 1. The van der Waals surface area contributed by atoms with E-state index in [1.54, 1.807) is 19.1 Å². The first kappa shape index (κ1) is 21.6. The van der Waals surface area contributed by atoms with Crippen molar-refractivity contribution in [2.75, 3.05) is 6.61 Å². The molecule has 1 aromatic heterocycles. The molecule has 2 aromatic carbocycles. The van der Waals surface area contributed by atoms with Crippen LogP contribution in [0.3, 0.4) is 0 Å². The van der Waals surface area contributed by atoms with Crippen molar-refractivity contribution in [3.63, 3.8) is 0 Å². The van der Waals surface area contributed by atoms with Gasteiger partial charge < -0.3 is 19.2 Å². The summed E-state index contributed by atoms with van der Waals surface area (Å²) in [5, 5.41) is 2.71. The number of rotatable bonds is 9. The van der Waals surface area contributed by atoms with E-state index in [0.29, 0.717) is 17.9 Å². The minimum Gasteiger partial charge on any atom is -0.486 e. The Morgan fingerprint density at radius 3 is 2.47 bits per heavy atom. The number of halogens is 1. The zero-order chi connectivity index (χ0) is 21.3.